The second-order valence-corrected chi connectivity index (χ2v) is 11.1. The van der Waals surface area contributed by atoms with E-state index in [-0.39, 0.29) is 16.7 Å². The summed E-state index contributed by atoms with van der Waals surface area (Å²) in [5, 5.41) is 4.53. The van der Waals surface area contributed by atoms with Crippen LogP contribution < -0.4 is 9.46 Å². The fourth-order valence-corrected chi connectivity index (χ4v) is 5.04. The molecule has 0 saturated carbocycles. The number of ether oxygens (including phenoxy) is 1. The van der Waals surface area contributed by atoms with Crippen LogP contribution in [0.25, 0.3) is 11.3 Å². The maximum absolute atomic E-state index is 13.0. The highest BCUT2D eigenvalue weighted by molar-refractivity contribution is 7.92. The average molecular weight is 541 g/mol. The monoisotopic (exact) mass is 540 g/mol. The number of aromatic nitrogens is 4. The van der Waals surface area contributed by atoms with Gasteiger partial charge in [0.1, 0.15) is 10.6 Å². The third-order valence-electron chi connectivity index (χ3n) is 5.73. The number of nitrogens with zero attached hydrogens (tertiary/aromatic N) is 5. The van der Waals surface area contributed by atoms with Gasteiger partial charge in [-0.1, -0.05) is 35.9 Å². The van der Waals surface area contributed by atoms with Crippen LogP contribution in [-0.4, -0.2) is 53.7 Å². The zero-order valence-corrected chi connectivity index (χ0v) is 22.9. The number of benzene rings is 2. The van der Waals surface area contributed by atoms with Crippen LogP contribution in [0, 0.1) is 13.8 Å². The summed E-state index contributed by atoms with van der Waals surface area (Å²) in [6.07, 6.45) is 3.46. The van der Waals surface area contributed by atoms with Crippen LogP contribution in [0.2, 0.25) is 5.02 Å². The Kier molecular flexibility index (Phi) is 7.82. The molecule has 37 heavy (non-hydrogen) atoms. The number of hydrogen-bond acceptors (Lipinski definition) is 7. The van der Waals surface area contributed by atoms with Gasteiger partial charge in [-0.05, 0) is 63.2 Å². The van der Waals surface area contributed by atoms with Crippen LogP contribution in [0.3, 0.4) is 0 Å². The maximum Gasteiger partial charge on any atom is 0.267 e. The van der Waals surface area contributed by atoms with Crippen LogP contribution in [0.1, 0.15) is 16.7 Å². The van der Waals surface area contributed by atoms with Gasteiger partial charge in [-0.25, -0.2) is 18.1 Å². The lowest BCUT2D eigenvalue weighted by Crippen LogP contribution is -2.15. The Morgan fingerprint density at radius 1 is 1.08 bits per heavy atom. The van der Waals surface area contributed by atoms with Crippen molar-refractivity contribution in [2.75, 3.05) is 25.4 Å². The fraction of sp³-hybridized carbons (Fsp3) is 0.269. The van der Waals surface area contributed by atoms with Gasteiger partial charge < -0.3 is 9.64 Å². The molecule has 0 unspecified atom stereocenters. The van der Waals surface area contributed by atoms with Crippen molar-refractivity contribution >= 4 is 27.6 Å². The van der Waals surface area contributed by atoms with E-state index in [1.54, 1.807) is 19.2 Å². The molecule has 4 rings (SSSR count). The van der Waals surface area contributed by atoms with Gasteiger partial charge in [0.15, 0.2) is 0 Å². The summed E-state index contributed by atoms with van der Waals surface area (Å²) in [5.74, 6) is 0.534. The van der Waals surface area contributed by atoms with Crippen molar-refractivity contribution in [3.8, 4) is 22.9 Å². The first-order chi connectivity index (χ1) is 17.5. The Morgan fingerprint density at radius 3 is 2.43 bits per heavy atom. The summed E-state index contributed by atoms with van der Waals surface area (Å²) in [7, 11) is 1.69. The molecule has 0 amide bonds. The molecular weight excluding hydrogens is 512 g/mol. The van der Waals surface area contributed by atoms with Crippen LogP contribution in [0.4, 0.5) is 5.95 Å². The largest absolute Gasteiger partial charge is 0.439 e. The normalized spacial score (nSPS) is 11.6. The summed E-state index contributed by atoms with van der Waals surface area (Å²) >= 11 is 6.51. The minimum atomic E-state index is -3.97. The number of hydrogen-bond donors (Lipinski definition) is 1. The van der Waals surface area contributed by atoms with E-state index in [1.807, 2.05) is 58.3 Å². The van der Waals surface area contributed by atoms with Crippen LogP contribution in [0.15, 0.2) is 59.8 Å². The molecule has 2 aromatic carbocycles. The van der Waals surface area contributed by atoms with Crippen LogP contribution in [0.5, 0.6) is 11.6 Å². The van der Waals surface area contributed by atoms with Crippen molar-refractivity contribution in [2.45, 2.75) is 25.2 Å². The van der Waals surface area contributed by atoms with Gasteiger partial charge >= 0.3 is 0 Å². The molecule has 0 saturated heterocycles. The lowest BCUT2D eigenvalue weighted by molar-refractivity contribution is 0.413. The number of halogens is 1. The van der Waals surface area contributed by atoms with Crippen molar-refractivity contribution in [1.82, 2.24) is 24.6 Å². The summed E-state index contributed by atoms with van der Waals surface area (Å²) in [6, 6.07) is 13.0. The Labute approximate surface area is 222 Å². The molecule has 0 radical (unpaired) electrons. The highest BCUT2D eigenvalue weighted by Crippen LogP contribution is 2.32. The van der Waals surface area contributed by atoms with E-state index >= 15 is 0 Å². The highest BCUT2D eigenvalue weighted by atomic mass is 35.5. The Morgan fingerprint density at radius 2 is 1.81 bits per heavy atom. The van der Waals surface area contributed by atoms with Gasteiger partial charge in [-0.15, -0.1) is 0 Å². The standard InChI is InChI=1S/C26H29ClN6O3S/c1-17-7-6-8-18(2)25(17)23-14-24(36-20-10-9-19(22(27)13-20)11-12-32(3)4)30-26(29-23)31-37(34,35)21-15-28-33(5)16-21/h6-10,13-16H,11-12H2,1-5H3,(H,29,30,31). The van der Waals surface area contributed by atoms with Crippen molar-refractivity contribution < 1.29 is 13.2 Å². The molecule has 0 bridgehead atoms. The van der Waals surface area contributed by atoms with Crippen molar-refractivity contribution in [2.24, 2.45) is 7.05 Å². The van der Waals surface area contributed by atoms with Crippen molar-refractivity contribution in [3.05, 3.63) is 76.6 Å². The first-order valence-corrected chi connectivity index (χ1v) is 13.5. The maximum atomic E-state index is 13.0. The molecule has 9 nitrogen and oxygen atoms in total. The van der Waals surface area contributed by atoms with E-state index in [0.29, 0.717) is 16.5 Å². The van der Waals surface area contributed by atoms with E-state index in [1.165, 1.54) is 17.1 Å². The molecule has 0 aliphatic rings. The Hall–Kier alpha value is -3.47. The van der Waals surface area contributed by atoms with E-state index in [0.717, 1.165) is 35.2 Å². The second-order valence-electron chi connectivity index (χ2n) is 9.05. The van der Waals surface area contributed by atoms with Gasteiger partial charge in [-0.2, -0.15) is 10.1 Å². The Bertz CT molecular complexity index is 1520. The van der Waals surface area contributed by atoms with Crippen LogP contribution >= 0.6 is 11.6 Å². The van der Waals surface area contributed by atoms with Crippen molar-refractivity contribution in [1.29, 1.82) is 0 Å². The highest BCUT2D eigenvalue weighted by Gasteiger charge is 2.20. The molecule has 2 aromatic heterocycles. The van der Waals surface area contributed by atoms with Gasteiger partial charge in [0.25, 0.3) is 10.0 Å². The van der Waals surface area contributed by atoms with E-state index in [4.69, 9.17) is 16.3 Å². The van der Waals surface area contributed by atoms with Crippen LogP contribution in [-0.2, 0) is 23.5 Å². The second kappa shape index (κ2) is 10.9. The van der Waals surface area contributed by atoms with Gasteiger partial charge in [0, 0.05) is 36.4 Å². The van der Waals surface area contributed by atoms with Gasteiger partial charge in [0.2, 0.25) is 11.8 Å². The van der Waals surface area contributed by atoms with E-state index in [2.05, 4.69) is 24.7 Å². The van der Waals surface area contributed by atoms with E-state index < -0.39 is 10.0 Å². The molecular formula is C26H29ClN6O3S. The molecule has 0 fully saturated rings. The fourth-order valence-electron chi connectivity index (χ4n) is 3.85. The molecule has 1 N–H and O–H groups in total. The van der Waals surface area contributed by atoms with E-state index in [9.17, 15) is 8.42 Å². The summed E-state index contributed by atoms with van der Waals surface area (Å²) in [5.41, 5.74) is 4.37. The minimum Gasteiger partial charge on any atom is -0.439 e. The SMILES string of the molecule is Cc1cccc(C)c1-c1cc(Oc2ccc(CCN(C)C)c(Cl)c2)nc(NS(=O)(=O)c2cnn(C)c2)n1. The van der Waals surface area contributed by atoms with Gasteiger partial charge in [0.05, 0.1) is 11.9 Å². The molecule has 0 spiro atoms. The lowest BCUT2D eigenvalue weighted by Gasteiger charge is -2.14. The number of sulfonamides is 1. The number of nitrogens with one attached hydrogen (secondary N) is 1. The summed E-state index contributed by atoms with van der Waals surface area (Å²) in [4.78, 5) is 10.9. The quantitative estimate of drug-likeness (QED) is 0.324. The zero-order valence-electron chi connectivity index (χ0n) is 21.4. The number of likely N-dealkylation sites (N-methyl/N-ethyl adjacent to an activating group) is 1. The first-order valence-electron chi connectivity index (χ1n) is 11.6. The predicted octanol–water partition coefficient (Wildman–Crippen LogP) is 4.84. The number of aryl methyl sites for hydroxylation is 3. The third kappa shape index (κ3) is 6.46. The smallest absolute Gasteiger partial charge is 0.267 e. The first kappa shape index (κ1) is 26.6. The number of rotatable bonds is 9. The summed E-state index contributed by atoms with van der Waals surface area (Å²) in [6.45, 7) is 4.80. The third-order valence-corrected chi connectivity index (χ3v) is 7.37. The average Bonchev–Trinajstić information content (AvgIpc) is 3.25. The van der Waals surface area contributed by atoms with Gasteiger partial charge in [-0.3, -0.25) is 4.68 Å². The molecule has 0 aliphatic carbocycles. The minimum absolute atomic E-state index is 0.00126. The molecule has 4 aromatic rings. The lowest BCUT2D eigenvalue weighted by atomic mass is 10.00. The number of anilines is 1. The van der Waals surface area contributed by atoms with Crippen molar-refractivity contribution in [3.63, 3.8) is 0 Å². The molecule has 0 atom stereocenters. The Balaban J connectivity index is 1.72. The molecule has 194 valence electrons. The molecule has 2 heterocycles. The molecule has 0 aliphatic heterocycles. The topological polar surface area (TPSA) is 102 Å². The summed E-state index contributed by atoms with van der Waals surface area (Å²) < 4.78 is 35.8. The zero-order chi connectivity index (χ0) is 26.7. The molecule has 11 heteroatoms. The predicted molar refractivity (Wildman–Crippen MR) is 145 cm³/mol.